The van der Waals surface area contributed by atoms with Gasteiger partial charge in [0.2, 0.25) is 0 Å². The van der Waals surface area contributed by atoms with E-state index in [2.05, 4.69) is 0 Å². The second-order valence-corrected chi connectivity index (χ2v) is 9.82. The van der Waals surface area contributed by atoms with Gasteiger partial charge in [0.25, 0.3) is 5.91 Å². The molecule has 0 aliphatic rings. The Hall–Kier alpha value is -3.73. The van der Waals surface area contributed by atoms with Crippen molar-refractivity contribution in [1.82, 2.24) is 4.90 Å². The molecule has 0 aromatic heterocycles. The minimum absolute atomic E-state index is 0.0476. The number of ether oxygens (including phenoxy) is 2. The highest BCUT2D eigenvalue weighted by Gasteiger charge is 2.32. The van der Waals surface area contributed by atoms with Crippen LogP contribution in [0.3, 0.4) is 0 Å². The van der Waals surface area contributed by atoms with Crippen LogP contribution in [0.5, 0.6) is 17.2 Å². The summed E-state index contributed by atoms with van der Waals surface area (Å²) in [5.41, 5.74) is -0.261. The maximum atomic E-state index is 13.3. The lowest BCUT2D eigenvalue weighted by atomic mass is 10.1. The maximum Gasteiger partial charge on any atom is 0.416 e. The van der Waals surface area contributed by atoms with Gasteiger partial charge in [0.05, 0.1) is 25.3 Å². The van der Waals surface area contributed by atoms with Crippen LogP contribution in [0.25, 0.3) is 0 Å². The van der Waals surface area contributed by atoms with Crippen molar-refractivity contribution in [3.8, 4) is 17.2 Å². The molecule has 0 radical (unpaired) electrons. The SMILES string of the molecule is COc1ccc(CN(C(=O)c2ccccc2OC)C(C)C)cc1OS(=O)(=O)c1cccc(C(F)(F)F)c1. The molecular weight excluding hydrogens is 511 g/mol. The van der Waals surface area contributed by atoms with Gasteiger partial charge in [0, 0.05) is 12.6 Å². The molecule has 0 saturated heterocycles. The summed E-state index contributed by atoms with van der Waals surface area (Å²) in [6.45, 7) is 3.73. The zero-order valence-corrected chi connectivity index (χ0v) is 21.4. The lowest BCUT2D eigenvalue weighted by molar-refractivity contribution is -0.137. The number of methoxy groups -OCH3 is 2. The summed E-state index contributed by atoms with van der Waals surface area (Å²) in [4.78, 5) is 14.2. The van der Waals surface area contributed by atoms with Crippen molar-refractivity contribution in [2.45, 2.75) is 37.5 Å². The molecular formula is C26H26F3NO6S. The number of halogens is 3. The first-order valence-corrected chi connectivity index (χ1v) is 12.5. The van der Waals surface area contributed by atoms with E-state index in [1.807, 2.05) is 13.8 Å². The normalized spacial score (nSPS) is 11.8. The molecule has 0 fully saturated rings. The van der Waals surface area contributed by atoms with Crippen LogP contribution in [0, 0.1) is 0 Å². The molecule has 0 atom stereocenters. The van der Waals surface area contributed by atoms with Crippen LogP contribution in [-0.4, -0.2) is 39.5 Å². The van der Waals surface area contributed by atoms with Gasteiger partial charge in [0.15, 0.2) is 11.5 Å². The van der Waals surface area contributed by atoms with Gasteiger partial charge in [-0.05, 0) is 61.9 Å². The van der Waals surface area contributed by atoms with Gasteiger partial charge in [-0.25, -0.2) is 0 Å². The number of carbonyl (C=O) groups excluding carboxylic acids is 1. The quantitative estimate of drug-likeness (QED) is 0.334. The summed E-state index contributed by atoms with van der Waals surface area (Å²) < 4.78 is 80.6. The lowest BCUT2D eigenvalue weighted by Crippen LogP contribution is -2.36. The number of hydrogen-bond acceptors (Lipinski definition) is 6. The van der Waals surface area contributed by atoms with Crippen LogP contribution in [-0.2, 0) is 22.8 Å². The first kappa shape index (κ1) is 27.9. The van der Waals surface area contributed by atoms with Gasteiger partial charge in [0.1, 0.15) is 10.6 Å². The molecule has 7 nitrogen and oxygen atoms in total. The summed E-state index contributed by atoms with van der Waals surface area (Å²) in [7, 11) is -1.88. The Labute approximate surface area is 213 Å². The van der Waals surface area contributed by atoms with Gasteiger partial charge < -0.3 is 18.6 Å². The minimum Gasteiger partial charge on any atom is -0.496 e. The van der Waals surface area contributed by atoms with Crippen molar-refractivity contribution < 1.29 is 40.0 Å². The van der Waals surface area contributed by atoms with Crippen LogP contribution in [0.1, 0.15) is 35.3 Å². The number of carbonyl (C=O) groups is 1. The van der Waals surface area contributed by atoms with Gasteiger partial charge in [-0.1, -0.05) is 24.3 Å². The number of alkyl halides is 3. The van der Waals surface area contributed by atoms with E-state index >= 15 is 0 Å². The highest BCUT2D eigenvalue weighted by molar-refractivity contribution is 7.87. The van der Waals surface area contributed by atoms with E-state index < -0.39 is 26.8 Å². The molecule has 1 amide bonds. The third kappa shape index (κ3) is 6.53. The third-order valence-electron chi connectivity index (χ3n) is 5.45. The number of amides is 1. The van der Waals surface area contributed by atoms with E-state index in [-0.39, 0.29) is 30.0 Å². The van der Waals surface area contributed by atoms with Crippen molar-refractivity contribution in [3.05, 3.63) is 83.4 Å². The van der Waals surface area contributed by atoms with Gasteiger partial charge in [-0.3, -0.25) is 4.79 Å². The van der Waals surface area contributed by atoms with Crippen molar-refractivity contribution in [1.29, 1.82) is 0 Å². The van der Waals surface area contributed by atoms with Gasteiger partial charge in [-0.2, -0.15) is 21.6 Å². The Kier molecular flexibility index (Phi) is 8.37. The van der Waals surface area contributed by atoms with Crippen molar-refractivity contribution >= 4 is 16.0 Å². The van der Waals surface area contributed by atoms with E-state index in [1.165, 1.54) is 26.4 Å². The molecule has 37 heavy (non-hydrogen) atoms. The summed E-state index contributed by atoms with van der Waals surface area (Å²) in [5, 5.41) is 0. The van der Waals surface area contributed by atoms with E-state index in [4.69, 9.17) is 13.7 Å². The van der Waals surface area contributed by atoms with Gasteiger partial charge >= 0.3 is 16.3 Å². The van der Waals surface area contributed by atoms with Crippen LogP contribution in [0.4, 0.5) is 13.2 Å². The van der Waals surface area contributed by atoms with Crippen LogP contribution >= 0.6 is 0 Å². The Morgan fingerprint density at radius 3 is 2.19 bits per heavy atom. The summed E-state index contributed by atoms with van der Waals surface area (Å²) >= 11 is 0. The second-order valence-electron chi connectivity index (χ2n) is 8.28. The molecule has 0 N–H and O–H groups in total. The molecule has 0 saturated carbocycles. The number of nitrogens with zero attached hydrogens (tertiary/aromatic N) is 1. The summed E-state index contributed by atoms with van der Waals surface area (Å²) in [6, 6.07) is 14.2. The molecule has 0 unspecified atom stereocenters. The lowest BCUT2D eigenvalue weighted by Gasteiger charge is -2.28. The average Bonchev–Trinajstić information content (AvgIpc) is 2.86. The standard InChI is InChI=1S/C26H26F3NO6S/c1-17(2)30(25(31)21-10-5-6-11-22(21)34-3)16-18-12-13-23(35-4)24(14-18)36-37(32,33)20-9-7-8-19(15-20)26(27,28)29/h5-15,17H,16H2,1-4H3. The van der Waals surface area contributed by atoms with E-state index in [0.717, 1.165) is 18.2 Å². The molecule has 0 aliphatic carbocycles. The summed E-state index contributed by atoms with van der Waals surface area (Å²) in [5.74, 6) is -0.0799. The third-order valence-corrected chi connectivity index (χ3v) is 6.68. The fourth-order valence-corrected chi connectivity index (χ4v) is 4.52. The van der Waals surface area contributed by atoms with E-state index in [1.54, 1.807) is 35.2 Å². The zero-order chi connectivity index (χ0) is 27.4. The van der Waals surface area contributed by atoms with Crippen LogP contribution in [0.2, 0.25) is 0 Å². The highest BCUT2D eigenvalue weighted by Crippen LogP contribution is 2.34. The predicted octanol–water partition coefficient (Wildman–Crippen LogP) is 5.54. The zero-order valence-electron chi connectivity index (χ0n) is 20.6. The first-order chi connectivity index (χ1) is 17.4. The van der Waals surface area contributed by atoms with Crippen LogP contribution < -0.4 is 13.7 Å². The Morgan fingerprint density at radius 2 is 1.57 bits per heavy atom. The molecule has 3 aromatic rings. The monoisotopic (exact) mass is 537 g/mol. The Bertz CT molecular complexity index is 1370. The largest absolute Gasteiger partial charge is 0.496 e. The number of benzene rings is 3. The Morgan fingerprint density at radius 1 is 0.892 bits per heavy atom. The number of hydrogen-bond donors (Lipinski definition) is 0. The van der Waals surface area contributed by atoms with Gasteiger partial charge in [-0.15, -0.1) is 0 Å². The highest BCUT2D eigenvalue weighted by atomic mass is 32.2. The smallest absolute Gasteiger partial charge is 0.416 e. The first-order valence-electron chi connectivity index (χ1n) is 11.1. The Balaban J connectivity index is 1.94. The molecule has 0 bridgehead atoms. The summed E-state index contributed by atoms with van der Waals surface area (Å²) in [6.07, 6.45) is -4.72. The number of rotatable bonds is 9. The molecule has 3 aromatic carbocycles. The molecule has 11 heteroatoms. The predicted molar refractivity (Wildman–Crippen MR) is 130 cm³/mol. The maximum absolute atomic E-state index is 13.3. The van der Waals surface area contributed by atoms with E-state index in [0.29, 0.717) is 22.9 Å². The van der Waals surface area contributed by atoms with Crippen molar-refractivity contribution in [2.75, 3.05) is 14.2 Å². The second kappa shape index (κ2) is 11.1. The minimum atomic E-state index is -4.72. The van der Waals surface area contributed by atoms with Crippen molar-refractivity contribution in [2.24, 2.45) is 0 Å². The molecule has 198 valence electrons. The molecule has 3 rings (SSSR count). The number of para-hydroxylation sites is 1. The topological polar surface area (TPSA) is 82.1 Å². The fourth-order valence-electron chi connectivity index (χ4n) is 3.54. The van der Waals surface area contributed by atoms with E-state index in [9.17, 15) is 26.4 Å². The fraction of sp³-hybridized carbons (Fsp3) is 0.269. The average molecular weight is 538 g/mol. The molecule has 0 heterocycles. The molecule has 0 aliphatic heterocycles. The van der Waals surface area contributed by atoms with Crippen LogP contribution in [0.15, 0.2) is 71.6 Å². The van der Waals surface area contributed by atoms with Crippen molar-refractivity contribution in [3.63, 3.8) is 0 Å². The molecule has 0 spiro atoms.